The molecule has 0 aliphatic rings. The molecule has 0 fully saturated rings. The van der Waals surface area contributed by atoms with E-state index < -0.39 is 0 Å². The van der Waals surface area contributed by atoms with Crippen LogP contribution in [-0.2, 0) is 6.42 Å². The first-order chi connectivity index (χ1) is 9.10. The molecule has 0 saturated carbocycles. The number of nitrogens with two attached hydrogens (primary N) is 1. The summed E-state index contributed by atoms with van der Waals surface area (Å²) in [6.45, 7) is 2.04. The molecule has 0 amide bonds. The Morgan fingerprint density at radius 3 is 2.74 bits per heavy atom. The predicted octanol–water partition coefficient (Wildman–Crippen LogP) is 3.40. The number of nitrogens with zero attached hydrogens (tertiary/aromatic N) is 1. The summed E-state index contributed by atoms with van der Waals surface area (Å²) >= 11 is 3.48. The topological polar surface area (TPSA) is 48.1 Å². The molecule has 1 atom stereocenters. The van der Waals surface area contributed by atoms with Gasteiger partial charge in [0.05, 0.1) is 23.3 Å². The third-order valence-corrected chi connectivity index (χ3v) is 3.61. The molecule has 1 aromatic carbocycles. The van der Waals surface area contributed by atoms with Gasteiger partial charge in [-0.25, -0.2) is 0 Å². The first-order valence-corrected chi connectivity index (χ1v) is 6.90. The number of aryl methyl sites for hydroxylation is 1. The van der Waals surface area contributed by atoms with E-state index in [0.29, 0.717) is 0 Å². The lowest BCUT2D eigenvalue weighted by molar-refractivity contribution is 0.412. The van der Waals surface area contributed by atoms with Gasteiger partial charge in [-0.2, -0.15) is 0 Å². The highest BCUT2D eigenvalue weighted by molar-refractivity contribution is 9.10. The molecule has 3 nitrogen and oxygen atoms in total. The summed E-state index contributed by atoms with van der Waals surface area (Å²) in [4.78, 5) is 4.33. The second-order valence-electron chi connectivity index (χ2n) is 4.54. The minimum absolute atomic E-state index is 0.0970. The molecule has 0 aliphatic carbocycles. The van der Waals surface area contributed by atoms with Gasteiger partial charge in [-0.3, -0.25) is 4.98 Å². The molecule has 0 radical (unpaired) electrons. The highest BCUT2D eigenvalue weighted by atomic mass is 79.9. The smallest absolute Gasteiger partial charge is 0.133 e. The van der Waals surface area contributed by atoms with Crippen molar-refractivity contribution in [3.8, 4) is 5.75 Å². The highest BCUT2D eigenvalue weighted by Gasteiger charge is 2.10. The minimum Gasteiger partial charge on any atom is -0.496 e. The molecule has 100 valence electrons. The average molecular weight is 321 g/mol. The highest BCUT2D eigenvalue weighted by Crippen LogP contribution is 2.27. The van der Waals surface area contributed by atoms with Crippen molar-refractivity contribution in [3.05, 3.63) is 57.8 Å². The number of hydrogen-bond donors (Lipinski definition) is 1. The lowest BCUT2D eigenvalue weighted by atomic mass is 10.0. The summed E-state index contributed by atoms with van der Waals surface area (Å²) in [7, 11) is 1.65. The molecule has 2 aromatic rings. The van der Waals surface area contributed by atoms with E-state index in [1.165, 1.54) is 5.56 Å². The maximum Gasteiger partial charge on any atom is 0.133 e. The van der Waals surface area contributed by atoms with E-state index in [4.69, 9.17) is 10.5 Å². The van der Waals surface area contributed by atoms with Crippen LogP contribution in [0.2, 0.25) is 0 Å². The monoisotopic (exact) mass is 320 g/mol. The fraction of sp³-hybridized carbons (Fsp3) is 0.267. The standard InChI is InChI=1S/C15H17BrN2O/c1-10-5-6-18-14(7-10)13(17)9-11-3-4-15(19-2)12(16)8-11/h3-8,13H,9,17H2,1-2H3. The van der Waals surface area contributed by atoms with E-state index >= 15 is 0 Å². The molecule has 1 aromatic heterocycles. The summed E-state index contributed by atoms with van der Waals surface area (Å²) in [5.41, 5.74) is 9.46. The van der Waals surface area contributed by atoms with Crippen LogP contribution in [0.4, 0.5) is 0 Å². The zero-order valence-corrected chi connectivity index (χ0v) is 12.6. The van der Waals surface area contributed by atoms with E-state index in [9.17, 15) is 0 Å². The van der Waals surface area contributed by atoms with Gasteiger partial charge in [0.25, 0.3) is 0 Å². The lowest BCUT2D eigenvalue weighted by Crippen LogP contribution is -2.15. The number of benzene rings is 1. The molecule has 0 bridgehead atoms. The minimum atomic E-state index is -0.0970. The number of methoxy groups -OCH3 is 1. The number of halogens is 1. The molecule has 0 saturated heterocycles. The Balaban J connectivity index is 2.14. The second-order valence-corrected chi connectivity index (χ2v) is 5.39. The van der Waals surface area contributed by atoms with E-state index in [1.54, 1.807) is 13.3 Å². The van der Waals surface area contributed by atoms with Gasteiger partial charge in [0.2, 0.25) is 0 Å². The van der Waals surface area contributed by atoms with Gasteiger partial charge >= 0.3 is 0 Å². The van der Waals surface area contributed by atoms with E-state index in [0.717, 1.165) is 27.9 Å². The molecule has 2 rings (SSSR count). The zero-order valence-electron chi connectivity index (χ0n) is 11.1. The molecular formula is C15H17BrN2O. The van der Waals surface area contributed by atoms with E-state index in [-0.39, 0.29) is 6.04 Å². The van der Waals surface area contributed by atoms with Gasteiger partial charge in [0, 0.05) is 6.20 Å². The normalized spacial score (nSPS) is 12.2. The van der Waals surface area contributed by atoms with Gasteiger partial charge in [-0.15, -0.1) is 0 Å². The molecule has 0 spiro atoms. The Labute approximate surface area is 121 Å². The summed E-state index contributed by atoms with van der Waals surface area (Å²) in [5.74, 6) is 0.825. The second kappa shape index (κ2) is 6.17. The van der Waals surface area contributed by atoms with Crippen molar-refractivity contribution in [3.63, 3.8) is 0 Å². The molecule has 1 heterocycles. The van der Waals surface area contributed by atoms with Crippen molar-refractivity contribution in [2.45, 2.75) is 19.4 Å². The SMILES string of the molecule is COc1ccc(CC(N)c2cc(C)ccn2)cc1Br. The van der Waals surface area contributed by atoms with Crippen LogP contribution in [0, 0.1) is 6.92 Å². The quantitative estimate of drug-likeness (QED) is 0.939. The average Bonchev–Trinajstić information content (AvgIpc) is 2.39. The largest absolute Gasteiger partial charge is 0.496 e. The lowest BCUT2D eigenvalue weighted by Gasteiger charge is -2.13. The molecule has 4 heteroatoms. The Morgan fingerprint density at radius 1 is 1.32 bits per heavy atom. The fourth-order valence-electron chi connectivity index (χ4n) is 1.96. The summed E-state index contributed by atoms with van der Waals surface area (Å²) < 4.78 is 6.16. The van der Waals surface area contributed by atoms with Gasteiger partial charge in [0.15, 0.2) is 0 Å². The number of pyridine rings is 1. The van der Waals surface area contributed by atoms with Crippen molar-refractivity contribution in [1.82, 2.24) is 4.98 Å². The van der Waals surface area contributed by atoms with Crippen molar-refractivity contribution in [2.24, 2.45) is 5.73 Å². The first kappa shape index (κ1) is 14.0. The van der Waals surface area contributed by atoms with Crippen molar-refractivity contribution < 1.29 is 4.74 Å². The van der Waals surface area contributed by atoms with Crippen LogP contribution in [0.3, 0.4) is 0 Å². The van der Waals surface area contributed by atoms with E-state index in [2.05, 4.69) is 20.9 Å². The summed E-state index contributed by atoms with van der Waals surface area (Å²) in [5, 5.41) is 0. The maximum atomic E-state index is 6.21. The van der Waals surface area contributed by atoms with Crippen LogP contribution in [0.15, 0.2) is 41.0 Å². The number of rotatable bonds is 4. The summed E-state index contributed by atoms with van der Waals surface area (Å²) in [6.07, 6.45) is 2.55. The van der Waals surface area contributed by atoms with Gasteiger partial charge in [0.1, 0.15) is 5.75 Å². The zero-order chi connectivity index (χ0) is 13.8. The third kappa shape index (κ3) is 3.55. The Morgan fingerprint density at radius 2 is 2.11 bits per heavy atom. The third-order valence-electron chi connectivity index (χ3n) is 2.99. The van der Waals surface area contributed by atoms with Crippen LogP contribution in [0.25, 0.3) is 0 Å². The molecule has 0 aliphatic heterocycles. The van der Waals surface area contributed by atoms with Gasteiger partial charge in [-0.05, 0) is 64.7 Å². The van der Waals surface area contributed by atoms with Crippen LogP contribution in [0.1, 0.15) is 22.9 Å². The van der Waals surface area contributed by atoms with Crippen molar-refractivity contribution in [2.75, 3.05) is 7.11 Å². The first-order valence-electron chi connectivity index (χ1n) is 6.10. The van der Waals surface area contributed by atoms with Gasteiger partial charge < -0.3 is 10.5 Å². The molecule has 19 heavy (non-hydrogen) atoms. The molecular weight excluding hydrogens is 304 g/mol. The maximum absolute atomic E-state index is 6.21. The van der Waals surface area contributed by atoms with Gasteiger partial charge in [-0.1, -0.05) is 6.07 Å². The van der Waals surface area contributed by atoms with Crippen LogP contribution >= 0.6 is 15.9 Å². The number of aromatic nitrogens is 1. The van der Waals surface area contributed by atoms with Crippen LogP contribution in [0.5, 0.6) is 5.75 Å². The van der Waals surface area contributed by atoms with E-state index in [1.807, 2.05) is 37.3 Å². The summed E-state index contributed by atoms with van der Waals surface area (Å²) in [6, 6.07) is 9.91. The Kier molecular flexibility index (Phi) is 4.56. The number of ether oxygens (including phenoxy) is 1. The Hall–Kier alpha value is -1.39. The van der Waals surface area contributed by atoms with Crippen LogP contribution < -0.4 is 10.5 Å². The molecule has 2 N–H and O–H groups in total. The number of hydrogen-bond acceptors (Lipinski definition) is 3. The van der Waals surface area contributed by atoms with Crippen LogP contribution in [-0.4, -0.2) is 12.1 Å². The fourth-order valence-corrected chi connectivity index (χ4v) is 2.55. The predicted molar refractivity (Wildman–Crippen MR) is 80.3 cm³/mol. The Bertz CT molecular complexity index is 572. The molecule has 1 unspecified atom stereocenters. The van der Waals surface area contributed by atoms with Crippen molar-refractivity contribution >= 4 is 15.9 Å². The van der Waals surface area contributed by atoms with Crippen molar-refractivity contribution in [1.29, 1.82) is 0 Å².